The van der Waals surface area contributed by atoms with Crippen molar-refractivity contribution in [1.29, 1.82) is 0 Å². The lowest BCUT2D eigenvalue weighted by molar-refractivity contribution is -0.131. The van der Waals surface area contributed by atoms with Crippen LogP contribution in [0.2, 0.25) is 0 Å². The predicted molar refractivity (Wildman–Crippen MR) is 101 cm³/mol. The van der Waals surface area contributed by atoms with Gasteiger partial charge in [-0.25, -0.2) is 4.98 Å². The number of amides is 1. The summed E-state index contributed by atoms with van der Waals surface area (Å²) in [6.07, 6.45) is 16.4. The Kier molecular flexibility index (Phi) is 5.00. The molecule has 0 saturated carbocycles. The number of aromatic nitrogens is 4. The van der Waals surface area contributed by atoms with E-state index < -0.39 is 0 Å². The summed E-state index contributed by atoms with van der Waals surface area (Å²) >= 11 is 0. The molecule has 3 aromatic rings. The largest absolute Gasteiger partial charge is 0.360 e. The van der Waals surface area contributed by atoms with Crippen LogP contribution in [0.15, 0.2) is 43.4 Å². The molecule has 0 unspecified atom stereocenters. The number of rotatable bonds is 6. The number of carbonyl (C=O) groups excluding carboxylic acids is 1. The first-order valence-corrected chi connectivity index (χ1v) is 9.43. The van der Waals surface area contributed by atoms with Gasteiger partial charge in [0.25, 0.3) is 0 Å². The number of carbonyl (C=O) groups is 1. The first-order valence-electron chi connectivity index (χ1n) is 9.43. The minimum Gasteiger partial charge on any atom is -0.360 e. The van der Waals surface area contributed by atoms with Gasteiger partial charge in [-0.05, 0) is 43.2 Å². The molecule has 1 fully saturated rings. The molecule has 0 spiro atoms. The number of aromatic amines is 1. The first kappa shape index (κ1) is 16.8. The number of nitrogens with zero attached hydrogens (tertiary/aromatic N) is 4. The summed E-state index contributed by atoms with van der Waals surface area (Å²) in [5, 5.41) is 1.10. The Bertz CT molecular complexity index is 846. The SMILES string of the molecule is O=C(Cc1c[nH]c2cnccc12)N1CCC(CCCn2ccnc2)CC1. The van der Waals surface area contributed by atoms with Gasteiger partial charge >= 0.3 is 0 Å². The number of piperidine rings is 1. The molecule has 0 radical (unpaired) electrons. The maximum absolute atomic E-state index is 12.7. The Morgan fingerprint density at radius 1 is 1.23 bits per heavy atom. The highest BCUT2D eigenvalue weighted by Crippen LogP contribution is 2.24. The van der Waals surface area contributed by atoms with Crippen LogP contribution in [0, 0.1) is 5.92 Å². The minimum atomic E-state index is 0.236. The number of imidazole rings is 1. The molecule has 0 aromatic carbocycles. The third kappa shape index (κ3) is 3.79. The average molecular weight is 351 g/mol. The van der Waals surface area contributed by atoms with E-state index >= 15 is 0 Å². The molecule has 26 heavy (non-hydrogen) atoms. The van der Waals surface area contributed by atoms with Crippen LogP contribution < -0.4 is 0 Å². The number of likely N-dealkylation sites (tertiary alicyclic amines) is 1. The number of nitrogens with one attached hydrogen (secondary N) is 1. The van der Waals surface area contributed by atoms with Gasteiger partial charge in [-0.2, -0.15) is 0 Å². The van der Waals surface area contributed by atoms with E-state index in [1.165, 1.54) is 12.8 Å². The van der Waals surface area contributed by atoms with Gasteiger partial charge in [-0.15, -0.1) is 0 Å². The molecule has 1 amide bonds. The van der Waals surface area contributed by atoms with E-state index in [0.717, 1.165) is 54.9 Å². The quantitative estimate of drug-likeness (QED) is 0.742. The highest BCUT2D eigenvalue weighted by molar-refractivity contribution is 5.88. The summed E-state index contributed by atoms with van der Waals surface area (Å²) in [4.78, 5) is 26.1. The summed E-state index contributed by atoms with van der Waals surface area (Å²) in [5.74, 6) is 0.973. The van der Waals surface area contributed by atoms with Crippen molar-refractivity contribution in [3.63, 3.8) is 0 Å². The van der Waals surface area contributed by atoms with Crippen molar-refractivity contribution in [2.24, 2.45) is 5.92 Å². The normalized spacial score (nSPS) is 15.6. The van der Waals surface area contributed by atoms with E-state index in [-0.39, 0.29) is 5.91 Å². The molecule has 136 valence electrons. The highest BCUT2D eigenvalue weighted by atomic mass is 16.2. The Balaban J connectivity index is 1.24. The number of pyridine rings is 1. The molecule has 0 bridgehead atoms. The van der Waals surface area contributed by atoms with Crippen molar-refractivity contribution >= 4 is 16.8 Å². The summed E-state index contributed by atoms with van der Waals surface area (Å²) in [6.45, 7) is 2.81. The third-order valence-corrected chi connectivity index (χ3v) is 5.47. The van der Waals surface area contributed by atoms with Crippen LogP contribution >= 0.6 is 0 Å². The minimum absolute atomic E-state index is 0.236. The Morgan fingerprint density at radius 2 is 2.12 bits per heavy atom. The van der Waals surface area contributed by atoms with Crippen LogP contribution in [-0.2, 0) is 17.8 Å². The zero-order chi connectivity index (χ0) is 17.8. The van der Waals surface area contributed by atoms with Gasteiger partial charge in [0.1, 0.15) is 0 Å². The molecule has 1 aliphatic rings. The number of fused-ring (bicyclic) bond motifs is 1. The molecular formula is C20H25N5O. The molecule has 6 nitrogen and oxygen atoms in total. The van der Waals surface area contributed by atoms with Crippen LogP contribution in [0.4, 0.5) is 0 Å². The molecule has 3 aromatic heterocycles. The van der Waals surface area contributed by atoms with Crippen molar-refractivity contribution in [3.05, 3.63) is 48.9 Å². The molecule has 1 saturated heterocycles. The summed E-state index contributed by atoms with van der Waals surface area (Å²) < 4.78 is 2.13. The molecule has 0 aliphatic carbocycles. The fourth-order valence-electron chi connectivity index (χ4n) is 3.91. The van der Waals surface area contributed by atoms with Crippen molar-refractivity contribution in [2.75, 3.05) is 13.1 Å². The van der Waals surface area contributed by atoms with Gasteiger partial charge in [0.05, 0.1) is 24.5 Å². The number of hydrogen-bond donors (Lipinski definition) is 1. The van der Waals surface area contributed by atoms with E-state index in [1.807, 2.05) is 35.9 Å². The molecule has 1 N–H and O–H groups in total. The van der Waals surface area contributed by atoms with Crippen molar-refractivity contribution in [1.82, 2.24) is 24.4 Å². The smallest absolute Gasteiger partial charge is 0.227 e. The second-order valence-corrected chi connectivity index (χ2v) is 7.18. The zero-order valence-electron chi connectivity index (χ0n) is 15.0. The van der Waals surface area contributed by atoms with Gasteiger partial charge in [-0.3, -0.25) is 9.78 Å². The topological polar surface area (TPSA) is 66.8 Å². The fraction of sp³-hybridized carbons (Fsp3) is 0.450. The molecule has 0 atom stereocenters. The summed E-state index contributed by atoms with van der Waals surface area (Å²) in [5.41, 5.74) is 2.06. The van der Waals surface area contributed by atoms with Crippen LogP contribution in [0.3, 0.4) is 0 Å². The Morgan fingerprint density at radius 3 is 2.92 bits per heavy atom. The highest BCUT2D eigenvalue weighted by Gasteiger charge is 2.23. The van der Waals surface area contributed by atoms with Crippen LogP contribution in [-0.4, -0.2) is 43.4 Å². The maximum atomic E-state index is 12.7. The van der Waals surface area contributed by atoms with E-state index in [1.54, 1.807) is 12.4 Å². The lowest BCUT2D eigenvalue weighted by Gasteiger charge is -2.32. The lowest BCUT2D eigenvalue weighted by Crippen LogP contribution is -2.39. The van der Waals surface area contributed by atoms with E-state index in [4.69, 9.17) is 0 Å². The molecule has 4 heterocycles. The fourth-order valence-corrected chi connectivity index (χ4v) is 3.91. The standard InChI is InChI=1S/C20H25N5O/c26-20(12-17-13-23-19-14-21-6-3-18(17)19)25-9-4-16(5-10-25)2-1-8-24-11-7-22-15-24/h3,6-7,11,13-16,23H,1-2,4-5,8-10,12H2. The lowest BCUT2D eigenvalue weighted by atomic mass is 9.92. The predicted octanol–water partition coefficient (Wildman–Crippen LogP) is 3.02. The van der Waals surface area contributed by atoms with Gasteiger partial charge in [-0.1, -0.05) is 0 Å². The van der Waals surface area contributed by atoms with E-state index in [9.17, 15) is 4.79 Å². The number of aryl methyl sites for hydroxylation is 1. The Labute approximate surface area is 153 Å². The van der Waals surface area contributed by atoms with Crippen molar-refractivity contribution in [3.8, 4) is 0 Å². The van der Waals surface area contributed by atoms with Crippen LogP contribution in [0.1, 0.15) is 31.2 Å². The van der Waals surface area contributed by atoms with E-state index in [0.29, 0.717) is 6.42 Å². The van der Waals surface area contributed by atoms with Crippen molar-refractivity contribution in [2.45, 2.75) is 38.6 Å². The molecular weight excluding hydrogens is 326 g/mol. The summed E-state index contributed by atoms with van der Waals surface area (Å²) in [7, 11) is 0. The Hall–Kier alpha value is -2.63. The first-order chi connectivity index (χ1) is 12.8. The van der Waals surface area contributed by atoms with Gasteiger partial charge in [0, 0.05) is 49.8 Å². The van der Waals surface area contributed by atoms with Gasteiger partial charge in [0.15, 0.2) is 0 Å². The number of hydrogen-bond acceptors (Lipinski definition) is 3. The average Bonchev–Trinajstić information content (AvgIpc) is 3.33. The van der Waals surface area contributed by atoms with Gasteiger partial charge in [0.2, 0.25) is 5.91 Å². The zero-order valence-corrected chi connectivity index (χ0v) is 15.0. The third-order valence-electron chi connectivity index (χ3n) is 5.47. The second kappa shape index (κ2) is 7.72. The molecule has 4 rings (SSSR count). The number of H-pyrrole nitrogens is 1. The monoisotopic (exact) mass is 351 g/mol. The second-order valence-electron chi connectivity index (χ2n) is 7.18. The maximum Gasteiger partial charge on any atom is 0.227 e. The van der Waals surface area contributed by atoms with Crippen LogP contribution in [0.5, 0.6) is 0 Å². The molecule has 6 heteroatoms. The van der Waals surface area contributed by atoms with Gasteiger partial charge < -0.3 is 14.5 Å². The van der Waals surface area contributed by atoms with Crippen LogP contribution in [0.25, 0.3) is 10.9 Å². The van der Waals surface area contributed by atoms with Crippen molar-refractivity contribution < 1.29 is 4.79 Å². The molecule has 1 aliphatic heterocycles. The van der Waals surface area contributed by atoms with E-state index in [2.05, 4.69) is 19.5 Å². The summed E-state index contributed by atoms with van der Waals surface area (Å²) in [6, 6.07) is 1.97.